The molecule has 0 heterocycles. The van der Waals surface area contributed by atoms with Crippen molar-refractivity contribution < 1.29 is 54.1 Å². The quantitative estimate of drug-likeness (QED) is 0.536. The number of alkyl halides is 8. The van der Waals surface area contributed by atoms with E-state index >= 15 is 0 Å². The lowest BCUT2D eigenvalue weighted by molar-refractivity contribution is -0.153. The van der Waals surface area contributed by atoms with Crippen LogP contribution in [0.25, 0.3) is 0 Å². The maximum Gasteiger partial charge on any atom is 0.422 e. The van der Waals surface area contributed by atoms with Crippen LogP contribution in [0.1, 0.15) is 10.4 Å². The lowest BCUT2D eigenvalue weighted by atomic mass is 10.2. The number of benzene rings is 2. The predicted molar refractivity (Wildman–Crippen MR) is 90.6 cm³/mol. The van der Waals surface area contributed by atoms with E-state index in [-0.39, 0.29) is 17.0 Å². The average molecular weight is 459 g/mol. The zero-order valence-corrected chi connectivity index (χ0v) is 15.2. The lowest BCUT2D eigenvalue weighted by Gasteiger charge is -2.15. The zero-order valence-electron chi connectivity index (χ0n) is 15.2. The lowest BCUT2D eigenvalue weighted by Crippen LogP contribution is -2.20. The predicted octanol–water partition coefficient (Wildman–Crippen LogP) is 5.42. The van der Waals surface area contributed by atoms with Gasteiger partial charge in [0, 0.05) is 29.4 Å². The molecule has 0 saturated carbocycles. The van der Waals surface area contributed by atoms with Gasteiger partial charge >= 0.3 is 19.0 Å². The van der Waals surface area contributed by atoms with Crippen molar-refractivity contribution in [3.05, 3.63) is 48.0 Å². The van der Waals surface area contributed by atoms with Gasteiger partial charge < -0.3 is 19.5 Å². The molecular weight excluding hydrogens is 446 g/mol. The second kappa shape index (κ2) is 9.71. The Morgan fingerprint density at radius 2 is 1.39 bits per heavy atom. The number of carbonyl (C=O) groups excluding carboxylic acids is 1. The van der Waals surface area contributed by atoms with E-state index in [4.69, 9.17) is 0 Å². The van der Waals surface area contributed by atoms with E-state index in [1.54, 1.807) is 0 Å². The number of hydrogen-bond donors (Lipinski definition) is 1. The molecule has 2 aromatic carbocycles. The Balaban J connectivity index is 2.23. The number of hydrogen-bond acceptors (Lipinski definition) is 4. The molecule has 0 unspecified atom stereocenters. The summed E-state index contributed by atoms with van der Waals surface area (Å²) in [5.41, 5.74) is -0.431. The summed E-state index contributed by atoms with van der Waals surface area (Å²) in [6, 6.07) is 7.19. The molecule has 13 heteroatoms. The molecule has 2 rings (SSSR count). The highest BCUT2D eigenvalue weighted by Crippen LogP contribution is 2.29. The van der Waals surface area contributed by atoms with Gasteiger partial charge in [0.2, 0.25) is 0 Å². The van der Waals surface area contributed by atoms with Crippen LogP contribution in [0.3, 0.4) is 0 Å². The molecule has 0 radical (unpaired) electrons. The maximum atomic E-state index is 12.4. The van der Waals surface area contributed by atoms with Crippen LogP contribution in [-0.2, 0) is 0 Å². The van der Waals surface area contributed by atoms with Crippen LogP contribution in [0, 0.1) is 0 Å². The minimum Gasteiger partial charge on any atom is -0.484 e. The summed E-state index contributed by atoms with van der Waals surface area (Å²) in [6.07, 6.45) is -9.45. The van der Waals surface area contributed by atoms with Crippen LogP contribution < -0.4 is 19.5 Å². The van der Waals surface area contributed by atoms with E-state index in [9.17, 15) is 39.9 Å². The van der Waals surface area contributed by atoms with Gasteiger partial charge in [0.05, 0.1) is 0 Å². The Morgan fingerprint density at radius 1 is 0.839 bits per heavy atom. The van der Waals surface area contributed by atoms with Crippen molar-refractivity contribution in [1.82, 2.24) is 0 Å². The summed E-state index contributed by atoms with van der Waals surface area (Å²) < 4.78 is 112. The van der Waals surface area contributed by atoms with Crippen molar-refractivity contribution in [2.24, 2.45) is 0 Å². The van der Waals surface area contributed by atoms with Gasteiger partial charge in [0.1, 0.15) is 17.2 Å². The molecule has 1 amide bonds. The number of nitrogens with one attached hydrogen (secondary N) is 1. The van der Waals surface area contributed by atoms with Crippen molar-refractivity contribution >= 4 is 11.6 Å². The molecule has 31 heavy (non-hydrogen) atoms. The summed E-state index contributed by atoms with van der Waals surface area (Å²) >= 11 is 0. The molecule has 0 atom stereocenters. The fraction of sp³-hybridized carbons (Fsp3) is 0.278. The standard InChI is InChI=1S/C18H13F8NO4/c19-16(20)31-12-3-1-2-10(4-12)15(28)27-11-5-13(29-8-17(21,22)23)7-14(6-11)30-9-18(24,25)26/h1-7,16H,8-9H2,(H,27,28). The van der Waals surface area contributed by atoms with Crippen LogP contribution in [-0.4, -0.2) is 38.1 Å². The first kappa shape index (κ1) is 24.0. The molecular formula is C18H13F8NO4. The molecule has 0 spiro atoms. The first-order valence-corrected chi connectivity index (χ1v) is 8.21. The van der Waals surface area contributed by atoms with Gasteiger partial charge in [-0.25, -0.2) is 0 Å². The molecule has 0 saturated heterocycles. The SMILES string of the molecule is O=C(Nc1cc(OCC(F)(F)F)cc(OCC(F)(F)F)c1)c1cccc(OC(F)F)c1. The number of ether oxygens (including phenoxy) is 3. The monoisotopic (exact) mass is 459 g/mol. The molecule has 5 nitrogen and oxygen atoms in total. The van der Waals surface area contributed by atoms with E-state index in [0.717, 1.165) is 30.3 Å². The van der Waals surface area contributed by atoms with Crippen molar-refractivity contribution in [3.8, 4) is 17.2 Å². The summed E-state index contributed by atoms with van der Waals surface area (Å²) in [5, 5.41) is 2.21. The Kier molecular flexibility index (Phi) is 7.52. The van der Waals surface area contributed by atoms with E-state index in [1.165, 1.54) is 12.1 Å². The fourth-order valence-corrected chi connectivity index (χ4v) is 2.16. The first-order valence-electron chi connectivity index (χ1n) is 8.21. The Morgan fingerprint density at radius 3 is 1.87 bits per heavy atom. The van der Waals surface area contributed by atoms with Crippen LogP contribution in [0.15, 0.2) is 42.5 Å². The first-order chi connectivity index (χ1) is 14.3. The maximum absolute atomic E-state index is 12.4. The van der Waals surface area contributed by atoms with Crippen molar-refractivity contribution in [1.29, 1.82) is 0 Å². The van der Waals surface area contributed by atoms with Gasteiger partial charge in [-0.05, 0) is 18.2 Å². The largest absolute Gasteiger partial charge is 0.484 e. The summed E-state index contributed by atoms with van der Waals surface area (Å²) in [7, 11) is 0. The number of rotatable bonds is 8. The van der Waals surface area contributed by atoms with Crippen LogP contribution >= 0.6 is 0 Å². The van der Waals surface area contributed by atoms with Crippen molar-refractivity contribution in [3.63, 3.8) is 0 Å². The number of anilines is 1. The average Bonchev–Trinajstić information content (AvgIpc) is 2.63. The molecule has 1 N–H and O–H groups in total. The third-order valence-corrected chi connectivity index (χ3v) is 3.26. The van der Waals surface area contributed by atoms with Crippen LogP contribution in [0.2, 0.25) is 0 Å². The Bertz CT molecular complexity index is 863. The Labute approximate surface area is 169 Å². The summed E-state index contributed by atoms with van der Waals surface area (Å²) in [4.78, 5) is 12.3. The topological polar surface area (TPSA) is 56.8 Å². The zero-order chi connectivity index (χ0) is 23.2. The second-order valence-corrected chi connectivity index (χ2v) is 5.86. The Hall–Kier alpha value is -3.25. The minimum absolute atomic E-state index is 0.169. The molecule has 0 fully saturated rings. The van der Waals surface area contributed by atoms with E-state index in [2.05, 4.69) is 19.5 Å². The van der Waals surface area contributed by atoms with Crippen LogP contribution in [0.5, 0.6) is 17.2 Å². The smallest absolute Gasteiger partial charge is 0.422 e. The molecule has 0 aromatic heterocycles. The summed E-state index contributed by atoms with van der Waals surface area (Å²) in [5.74, 6) is -2.29. The molecule has 0 aliphatic heterocycles. The number of amides is 1. The molecule has 0 aliphatic rings. The van der Waals surface area contributed by atoms with Crippen molar-refractivity contribution in [2.45, 2.75) is 19.0 Å². The van der Waals surface area contributed by atoms with E-state index in [1.807, 2.05) is 0 Å². The fourth-order valence-electron chi connectivity index (χ4n) is 2.16. The highest BCUT2D eigenvalue weighted by molar-refractivity contribution is 6.04. The van der Waals surface area contributed by atoms with Gasteiger partial charge in [0.25, 0.3) is 5.91 Å². The second-order valence-electron chi connectivity index (χ2n) is 5.86. The number of halogens is 8. The highest BCUT2D eigenvalue weighted by Gasteiger charge is 2.30. The van der Waals surface area contributed by atoms with Gasteiger partial charge in [-0.2, -0.15) is 35.1 Å². The normalized spacial score (nSPS) is 11.9. The molecule has 2 aromatic rings. The van der Waals surface area contributed by atoms with Gasteiger partial charge in [-0.15, -0.1) is 0 Å². The van der Waals surface area contributed by atoms with Gasteiger partial charge in [0.15, 0.2) is 13.2 Å². The van der Waals surface area contributed by atoms with E-state index < -0.39 is 49.6 Å². The third-order valence-electron chi connectivity index (χ3n) is 3.26. The van der Waals surface area contributed by atoms with Crippen LogP contribution in [0.4, 0.5) is 40.8 Å². The number of carbonyl (C=O) groups is 1. The minimum atomic E-state index is -4.72. The van der Waals surface area contributed by atoms with Gasteiger partial charge in [-0.3, -0.25) is 4.79 Å². The highest BCUT2D eigenvalue weighted by atomic mass is 19.4. The summed E-state index contributed by atoms with van der Waals surface area (Å²) in [6.45, 7) is -6.62. The molecule has 170 valence electrons. The van der Waals surface area contributed by atoms with Gasteiger partial charge in [-0.1, -0.05) is 6.07 Å². The van der Waals surface area contributed by atoms with E-state index in [0.29, 0.717) is 0 Å². The molecule has 0 bridgehead atoms. The third kappa shape index (κ3) is 8.97. The van der Waals surface area contributed by atoms with Crippen molar-refractivity contribution in [2.75, 3.05) is 18.5 Å². The molecule has 0 aliphatic carbocycles.